The maximum absolute atomic E-state index is 13.6. The van der Waals surface area contributed by atoms with Gasteiger partial charge in [0.1, 0.15) is 12.4 Å². The minimum Gasteiger partial charge on any atom is -0.489 e. The van der Waals surface area contributed by atoms with Crippen LogP contribution in [0.1, 0.15) is 29.7 Å². The van der Waals surface area contributed by atoms with Gasteiger partial charge in [-0.05, 0) is 54.0 Å². The SMILES string of the molecule is COC(=O)C1=C(C)N=c2s/c(=C\c3ccc(OCc4ccc(Cl)cc4)cc3)c(=O)n2[C@@H]1c1ccccc1. The Morgan fingerprint density at radius 1 is 1.05 bits per heavy atom. The van der Waals surface area contributed by atoms with Crippen molar-refractivity contribution in [2.45, 2.75) is 19.6 Å². The summed E-state index contributed by atoms with van der Waals surface area (Å²) < 4.78 is 13.0. The van der Waals surface area contributed by atoms with E-state index in [1.807, 2.05) is 84.9 Å². The first-order valence-corrected chi connectivity index (χ1v) is 12.8. The summed E-state index contributed by atoms with van der Waals surface area (Å²) in [5.74, 6) is 0.217. The van der Waals surface area contributed by atoms with Gasteiger partial charge in [-0.25, -0.2) is 9.79 Å². The van der Waals surface area contributed by atoms with E-state index in [-0.39, 0.29) is 5.56 Å². The molecule has 6 nitrogen and oxygen atoms in total. The van der Waals surface area contributed by atoms with Gasteiger partial charge in [-0.2, -0.15) is 0 Å². The number of nitrogens with zero attached hydrogens (tertiary/aromatic N) is 2. The Balaban J connectivity index is 1.47. The number of rotatable bonds is 6. The van der Waals surface area contributed by atoms with E-state index in [0.717, 1.165) is 22.4 Å². The fraction of sp³-hybridized carbons (Fsp3) is 0.138. The van der Waals surface area contributed by atoms with Crippen LogP contribution in [0, 0.1) is 0 Å². The molecule has 0 radical (unpaired) electrons. The van der Waals surface area contributed by atoms with Crippen LogP contribution in [0.2, 0.25) is 5.02 Å². The minimum absolute atomic E-state index is 0.213. The average molecular weight is 531 g/mol. The summed E-state index contributed by atoms with van der Waals surface area (Å²) in [6.45, 7) is 2.19. The van der Waals surface area contributed by atoms with Crippen molar-refractivity contribution in [1.29, 1.82) is 0 Å². The van der Waals surface area contributed by atoms with Crippen LogP contribution in [-0.4, -0.2) is 17.6 Å². The van der Waals surface area contributed by atoms with Crippen molar-refractivity contribution in [3.8, 4) is 5.75 Å². The van der Waals surface area contributed by atoms with E-state index >= 15 is 0 Å². The van der Waals surface area contributed by atoms with Crippen LogP contribution in [0.4, 0.5) is 0 Å². The number of allylic oxidation sites excluding steroid dienone is 1. The normalized spacial score (nSPS) is 15.2. The summed E-state index contributed by atoms with van der Waals surface area (Å²) in [5, 5.41) is 0.685. The first kappa shape index (κ1) is 24.7. The van der Waals surface area contributed by atoms with E-state index in [2.05, 4.69) is 4.99 Å². The monoisotopic (exact) mass is 530 g/mol. The van der Waals surface area contributed by atoms with Gasteiger partial charge in [0.25, 0.3) is 5.56 Å². The molecule has 2 heterocycles. The van der Waals surface area contributed by atoms with Gasteiger partial charge in [0.2, 0.25) is 0 Å². The highest BCUT2D eigenvalue weighted by Gasteiger charge is 2.32. The number of aromatic nitrogens is 1. The highest BCUT2D eigenvalue weighted by molar-refractivity contribution is 7.07. The molecule has 1 aliphatic heterocycles. The third-order valence-electron chi connectivity index (χ3n) is 6.04. The van der Waals surface area contributed by atoms with Crippen molar-refractivity contribution < 1.29 is 14.3 Å². The van der Waals surface area contributed by atoms with Crippen LogP contribution in [0.25, 0.3) is 6.08 Å². The molecule has 37 heavy (non-hydrogen) atoms. The lowest BCUT2D eigenvalue weighted by atomic mass is 9.96. The molecule has 0 N–H and O–H groups in total. The zero-order chi connectivity index (χ0) is 25.9. The van der Waals surface area contributed by atoms with Crippen molar-refractivity contribution in [2.24, 2.45) is 4.99 Å². The second-order valence-electron chi connectivity index (χ2n) is 8.47. The predicted molar refractivity (Wildman–Crippen MR) is 144 cm³/mol. The minimum atomic E-state index is -0.615. The van der Waals surface area contributed by atoms with Gasteiger partial charge >= 0.3 is 5.97 Å². The van der Waals surface area contributed by atoms with Crippen LogP contribution in [-0.2, 0) is 16.1 Å². The smallest absolute Gasteiger partial charge is 0.338 e. The number of thiazole rings is 1. The maximum atomic E-state index is 13.6. The van der Waals surface area contributed by atoms with Crippen molar-refractivity contribution in [3.63, 3.8) is 0 Å². The lowest BCUT2D eigenvalue weighted by Crippen LogP contribution is -2.39. The van der Waals surface area contributed by atoms with Gasteiger partial charge in [0.05, 0.1) is 29.0 Å². The maximum Gasteiger partial charge on any atom is 0.338 e. The highest BCUT2D eigenvalue weighted by Crippen LogP contribution is 2.30. The lowest BCUT2D eigenvalue weighted by molar-refractivity contribution is -0.136. The Hall–Kier alpha value is -3.94. The molecule has 0 saturated carbocycles. The topological polar surface area (TPSA) is 69.9 Å². The number of carbonyl (C=O) groups is 1. The molecule has 3 aromatic carbocycles. The summed E-state index contributed by atoms with van der Waals surface area (Å²) in [7, 11) is 1.33. The van der Waals surface area contributed by atoms with Crippen LogP contribution in [0.3, 0.4) is 0 Å². The first-order valence-electron chi connectivity index (χ1n) is 11.6. The number of fused-ring (bicyclic) bond motifs is 1. The molecule has 1 atom stereocenters. The predicted octanol–water partition coefficient (Wildman–Crippen LogP) is 4.64. The van der Waals surface area contributed by atoms with E-state index in [0.29, 0.717) is 32.2 Å². The molecule has 0 spiro atoms. The van der Waals surface area contributed by atoms with Crippen LogP contribution in [0.5, 0.6) is 5.75 Å². The number of ether oxygens (including phenoxy) is 2. The lowest BCUT2D eigenvalue weighted by Gasteiger charge is -2.24. The summed E-state index contributed by atoms with van der Waals surface area (Å²) in [4.78, 5) is 31.4. The number of esters is 1. The highest BCUT2D eigenvalue weighted by atomic mass is 35.5. The Morgan fingerprint density at radius 3 is 2.43 bits per heavy atom. The molecule has 8 heteroatoms. The average Bonchev–Trinajstić information content (AvgIpc) is 3.22. The summed E-state index contributed by atoms with van der Waals surface area (Å²) >= 11 is 7.23. The quantitative estimate of drug-likeness (QED) is 0.341. The Morgan fingerprint density at radius 2 is 1.76 bits per heavy atom. The third kappa shape index (κ3) is 5.14. The summed E-state index contributed by atoms with van der Waals surface area (Å²) in [5.41, 5.74) is 3.36. The van der Waals surface area contributed by atoms with Gasteiger partial charge in [-0.15, -0.1) is 0 Å². The molecule has 0 bridgehead atoms. The van der Waals surface area contributed by atoms with Gasteiger partial charge in [-0.3, -0.25) is 9.36 Å². The Bertz CT molecular complexity index is 1650. The summed E-state index contributed by atoms with van der Waals surface area (Å²) in [6, 6.07) is 23.9. The Kier molecular flexibility index (Phi) is 7.08. The summed E-state index contributed by atoms with van der Waals surface area (Å²) in [6.07, 6.45) is 1.83. The fourth-order valence-electron chi connectivity index (χ4n) is 4.20. The molecule has 0 amide bonds. The number of hydrogen-bond acceptors (Lipinski definition) is 6. The van der Waals surface area contributed by atoms with E-state index < -0.39 is 12.0 Å². The fourth-order valence-corrected chi connectivity index (χ4v) is 5.37. The van der Waals surface area contributed by atoms with Crippen molar-refractivity contribution in [1.82, 2.24) is 4.57 Å². The molecule has 0 fully saturated rings. The van der Waals surface area contributed by atoms with Gasteiger partial charge in [0.15, 0.2) is 4.80 Å². The largest absolute Gasteiger partial charge is 0.489 e. The molecular weight excluding hydrogens is 508 g/mol. The third-order valence-corrected chi connectivity index (χ3v) is 7.27. The Labute approximate surface area is 222 Å². The van der Waals surface area contributed by atoms with Crippen LogP contribution in [0.15, 0.2) is 99.9 Å². The molecule has 1 aromatic heterocycles. The van der Waals surface area contributed by atoms with Gasteiger partial charge < -0.3 is 9.47 Å². The first-order chi connectivity index (χ1) is 17.9. The number of hydrogen-bond donors (Lipinski definition) is 0. The van der Waals surface area contributed by atoms with E-state index in [4.69, 9.17) is 21.1 Å². The standard InChI is InChI=1S/C29H23ClN2O4S/c1-18-25(28(34)35-2)26(21-6-4-3-5-7-21)32-27(33)24(37-29(32)31-18)16-19-10-14-23(15-11-19)36-17-20-8-12-22(30)13-9-20/h3-16,26H,17H2,1-2H3/b24-16-/t26-/m1/s1. The zero-order valence-electron chi connectivity index (χ0n) is 20.2. The zero-order valence-corrected chi connectivity index (χ0v) is 21.8. The molecule has 0 aliphatic carbocycles. The number of carbonyl (C=O) groups excluding carboxylic acids is 1. The number of methoxy groups -OCH3 is 1. The van der Waals surface area contributed by atoms with Crippen LogP contribution < -0.4 is 19.6 Å². The molecule has 0 saturated heterocycles. The molecule has 0 unspecified atom stereocenters. The molecule has 5 rings (SSSR count). The van der Waals surface area contributed by atoms with Gasteiger partial charge in [-0.1, -0.05) is 77.5 Å². The van der Waals surface area contributed by atoms with E-state index in [9.17, 15) is 9.59 Å². The van der Waals surface area contributed by atoms with Crippen LogP contribution >= 0.6 is 22.9 Å². The molecule has 1 aliphatic rings. The van der Waals surface area contributed by atoms with Gasteiger partial charge in [0, 0.05) is 5.02 Å². The second kappa shape index (κ2) is 10.6. The molecule has 4 aromatic rings. The van der Waals surface area contributed by atoms with E-state index in [1.54, 1.807) is 11.5 Å². The second-order valence-corrected chi connectivity index (χ2v) is 9.91. The van der Waals surface area contributed by atoms with Crippen molar-refractivity contribution in [3.05, 3.63) is 132 Å². The van der Waals surface area contributed by atoms with Crippen molar-refractivity contribution in [2.75, 3.05) is 7.11 Å². The van der Waals surface area contributed by atoms with E-state index in [1.165, 1.54) is 18.4 Å². The number of halogens is 1. The number of benzene rings is 3. The van der Waals surface area contributed by atoms with Crippen molar-refractivity contribution >= 4 is 35.0 Å². The molecule has 186 valence electrons. The molecular formula is C29H23ClN2O4S.